The number of nitrogens with one attached hydrogen (secondary N) is 2. The number of carbonyl (C=O) groups excluding carboxylic acids is 1. The van der Waals surface area contributed by atoms with Crippen molar-refractivity contribution >= 4 is 6.03 Å². The Bertz CT molecular complexity index is 1250. The van der Waals surface area contributed by atoms with Gasteiger partial charge in [0.1, 0.15) is 17.4 Å². The number of rotatable bonds is 10. The van der Waals surface area contributed by atoms with Crippen LogP contribution in [0.15, 0.2) is 72.8 Å². The normalized spacial score (nSPS) is 12.9. The number of hydrogen-bond acceptors (Lipinski definition) is 3. The molecule has 1 atom stereocenters. The number of halogens is 6. The molecule has 37 heavy (non-hydrogen) atoms. The van der Waals surface area contributed by atoms with Gasteiger partial charge in [0.25, 0.3) is 0 Å². The summed E-state index contributed by atoms with van der Waals surface area (Å²) >= 11 is 0. The molecule has 3 aromatic carbocycles. The third kappa shape index (κ3) is 6.94. The van der Waals surface area contributed by atoms with Crippen LogP contribution in [0.1, 0.15) is 23.1 Å². The van der Waals surface area contributed by atoms with Crippen LogP contribution in [-0.4, -0.2) is 25.1 Å². The number of amides is 2. The minimum absolute atomic E-state index is 0.0175. The molecule has 0 saturated carbocycles. The zero-order valence-electron chi connectivity index (χ0n) is 19.2. The van der Waals surface area contributed by atoms with E-state index in [0.29, 0.717) is 11.6 Å². The number of hydrogen-bond donors (Lipinski definition) is 2. The molecule has 0 aromatic heterocycles. The second kappa shape index (κ2) is 11.7. The van der Waals surface area contributed by atoms with Gasteiger partial charge >= 0.3 is 18.6 Å². The first-order chi connectivity index (χ1) is 17.6. The van der Waals surface area contributed by atoms with E-state index in [1.807, 2.05) is 6.07 Å². The molecule has 0 saturated heterocycles. The van der Waals surface area contributed by atoms with Gasteiger partial charge in [-0.15, -0.1) is 0 Å². The highest BCUT2D eigenvalue weighted by molar-refractivity contribution is 5.76. The van der Waals surface area contributed by atoms with Crippen LogP contribution in [0.4, 0.5) is 31.1 Å². The van der Waals surface area contributed by atoms with E-state index in [2.05, 4.69) is 15.4 Å². The largest absolute Gasteiger partial charge is 0.461 e. The summed E-state index contributed by atoms with van der Waals surface area (Å²) < 4.78 is 85.4. The Kier molecular flexibility index (Phi) is 8.65. The van der Waals surface area contributed by atoms with E-state index < -0.39 is 41.5 Å². The van der Waals surface area contributed by atoms with Gasteiger partial charge in [-0.1, -0.05) is 42.5 Å². The van der Waals surface area contributed by atoms with Gasteiger partial charge in [-0.3, -0.25) is 0 Å². The molecule has 2 amide bonds. The summed E-state index contributed by atoms with van der Waals surface area (Å²) in [5.74, 6) is -2.63. The lowest BCUT2D eigenvalue weighted by Gasteiger charge is -2.37. The maximum atomic E-state index is 14.7. The van der Waals surface area contributed by atoms with Gasteiger partial charge in [-0.2, -0.15) is 22.8 Å². The molecule has 194 valence electrons. The lowest BCUT2D eigenvalue weighted by atomic mass is 9.77. The van der Waals surface area contributed by atoms with Crippen molar-refractivity contribution in [2.45, 2.75) is 30.9 Å². The van der Waals surface area contributed by atoms with Crippen molar-refractivity contribution in [3.05, 3.63) is 101 Å². The van der Waals surface area contributed by atoms with Crippen LogP contribution in [0.25, 0.3) is 0 Å². The number of carbonyl (C=O) groups is 1. The quantitative estimate of drug-likeness (QED) is 0.258. The molecule has 3 rings (SSSR count). The fraction of sp³-hybridized carbons (Fsp3) is 0.231. The van der Waals surface area contributed by atoms with Crippen molar-refractivity contribution in [3.63, 3.8) is 0 Å². The Morgan fingerprint density at radius 3 is 2.24 bits per heavy atom. The van der Waals surface area contributed by atoms with Crippen LogP contribution in [0, 0.1) is 23.0 Å². The number of nitrogens with zero attached hydrogens (tertiary/aromatic N) is 1. The summed E-state index contributed by atoms with van der Waals surface area (Å²) in [5, 5.41) is 13.9. The molecule has 0 fully saturated rings. The third-order valence-corrected chi connectivity index (χ3v) is 5.37. The van der Waals surface area contributed by atoms with E-state index in [4.69, 9.17) is 5.26 Å². The first-order valence-corrected chi connectivity index (χ1v) is 10.9. The maximum absolute atomic E-state index is 14.7. The molecule has 3 aromatic rings. The molecule has 0 heterocycles. The molecule has 0 spiro atoms. The summed E-state index contributed by atoms with van der Waals surface area (Å²) in [6, 6.07) is 16.7. The molecular weight excluding hydrogens is 500 g/mol. The SMILES string of the molecule is N#CCCNC(=O)NC(Cc1ccccc1)(c1ccc(F)cc1)c1cc(F)cc(OC(F)(F)C(F)F)c1. The van der Waals surface area contributed by atoms with Crippen LogP contribution in [-0.2, 0) is 12.0 Å². The lowest BCUT2D eigenvalue weighted by Crippen LogP contribution is -2.52. The Morgan fingerprint density at radius 1 is 0.946 bits per heavy atom. The predicted molar refractivity (Wildman–Crippen MR) is 122 cm³/mol. The van der Waals surface area contributed by atoms with E-state index in [-0.39, 0.29) is 30.5 Å². The zero-order chi connectivity index (χ0) is 27.1. The van der Waals surface area contributed by atoms with Crippen molar-refractivity contribution < 1.29 is 35.9 Å². The smallest absolute Gasteiger partial charge is 0.428 e. The highest BCUT2D eigenvalue weighted by Gasteiger charge is 2.45. The Labute approximate surface area is 208 Å². The summed E-state index contributed by atoms with van der Waals surface area (Å²) in [5.41, 5.74) is -1.02. The average molecular weight is 521 g/mol. The van der Waals surface area contributed by atoms with Crippen molar-refractivity contribution in [1.82, 2.24) is 10.6 Å². The van der Waals surface area contributed by atoms with Gasteiger partial charge in [0.2, 0.25) is 0 Å². The molecular formula is C26H21F6N3O2. The Morgan fingerprint density at radius 2 is 1.62 bits per heavy atom. The summed E-state index contributed by atoms with van der Waals surface area (Å²) in [6.07, 6.45) is -9.20. The summed E-state index contributed by atoms with van der Waals surface area (Å²) in [6.45, 7) is -0.0364. The number of nitriles is 1. The standard InChI is InChI=1S/C26H21F6N3O2/c27-20-9-7-18(8-10-20)25(16-17-5-2-1-3-6-17,35-24(36)34-12-4-11-33)19-13-21(28)15-22(14-19)37-26(31,32)23(29)30/h1-3,5-10,13-15,23H,4,12,16H2,(H2,34,35,36). The number of alkyl halides is 4. The molecule has 0 radical (unpaired) electrons. The van der Waals surface area contributed by atoms with Crippen LogP contribution >= 0.6 is 0 Å². The van der Waals surface area contributed by atoms with Crippen molar-refractivity contribution in [1.29, 1.82) is 5.26 Å². The second-order valence-electron chi connectivity index (χ2n) is 8.00. The van der Waals surface area contributed by atoms with E-state index in [1.54, 1.807) is 30.3 Å². The van der Waals surface area contributed by atoms with E-state index >= 15 is 0 Å². The Balaban J connectivity index is 2.21. The molecule has 2 N–H and O–H groups in total. The fourth-order valence-electron chi connectivity index (χ4n) is 3.74. The van der Waals surface area contributed by atoms with Crippen LogP contribution in [0.5, 0.6) is 5.75 Å². The first kappa shape index (κ1) is 27.4. The fourth-order valence-corrected chi connectivity index (χ4v) is 3.74. The van der Waals surface area contributed by atoms with E-state index in [1.165, 1.54) is 12.1 Å². The lowest BCUT2D eigenvalue weighted by molar-refractivity contribution is -0.253. The molecule has 0 aliphatic rings. The topological polar surface area (TPSA) is 74.2 Å². The van der Waals surface area contributed by atoms with Gasteiger partial charge < -0.3 is 15.4 Å². The Hall–Kier alpha value is -4.20. The molecule has 5 nitrogen and oxygen atoms in total. The minimum atomic E-state index is -4.91. The maximum Gasteiger partial charge on any atom is 0.461 e. The van der Waals surface area contributed by atoms with Gasteiger partial charge in [-0.25, -0.2) is 13.6 Å². The van der Waals surface area contributed by atoms with Crippen molar-refractivity contribution in [2.75, 3.05) is 6.54 Å². The van der Waals surface area contributed by atoms with Gasteiger partial charge in [0.05, 0.1) is 18.0 Å². The van der Waals surface area contributed by atoms with Crippen molar-refractivity contribution in [2.24, 2.45) is 0 Å². The van der Waals surface area contributed by atoms with Gasteiger partial charge in [0, 0.05) is 19.0 Å². The molecule has 0 aliphatic carbocycles. The molecule has 1 unspecified atom stereocenters. The zero-order valence-corrected chi connectivity index (χ0v) is 19.2. The summed E-state index contributed by atoms with van der Waals surface area (Å²) in [7, 11) is 0. The number of ether oxygens (including phenoxy) is 1. The summed E-state index contributed by atoms with van der Waals surface area (Å²) in [4.78, 5) is 12.9. The predicted octanol–water partition coefficient (Wildman–Crippen LogP) is 5.90. The van der Waals surface area contributed by atoms with Crippen LogP contribution < -0.4 is 15.4 Å². The third-order valence-electron chi connectivity index (χ3n) is 5.37. The first-order valence-electron chi connectivity index (χ1n) is 10.9. The number of urea groups is 1. The highest BCUT2D eigenvalue weighted by Crippen LogP contribution is 2.37. The van der Waals surface area contributed by atoms with Crippen LogP contribution in [0.3, 0.4) is 0 Å². The van der Waals surface area contributed by atoms with E-state index in [9.17, 15) is 31.1 Å². The van der Waals surface area contributed by atoms with Gasteiger partial charge in [0.15, 0.2) is 0 Å². The van der Waals surface area contributed by atoms with E-state index in [0.717, 1.165) is 24.3 Å². The monoisotopic (exact) mass is 521 g/mol. The molecule has 0 aliphatic heterocycles. The van der Waals surface area contributed by atoms with Crippen molar-refractivity contribution in [3.8, 4) is 11.8 Å². The average Bonchev–Trinajstić information content (AvgIpc) is 2.84. The second-order valence-corrected chi connectivity index (χ2v) is 8.00. The highest BCUT2D eigenvalue weighted by atomic mass is 19.3. The molecule has 0 bridgehead atoms. The minimum Gasteiger partial charge on any atom is -0.428 e. The van der Waals surface area contributed by atoms with Crippen LogP contribution in [0.2, 0.25) is 0 Å². The van der Waals surface area contributed by atoms with Gasteiger partial charge in [-0.05, 0) is 41.0 Å². The molecule has 11 heteroatoms. The number of benzene rings is 3.